The van der Waals surface area contributed by atoms with Crippen molar-refractivity contribution in [1.29, 1.82) is 0 Å². The second-order valence-corrected chi connectivity index (χ2v) is 6.09. The summed E-state index contributed by atoms with van der Waals surface area (Å²) in [5.41, 5.74) is 0.891. The van der Waals surface area contributed by atoms with Gasteiger partial charge in [-0.25, -0.2) is 4.39 Å². The van der Waals surface area contributed by atoms with Gasteiger partial charge in [0.15, 0.2) is 17.6 Å². The highest BCUT2D eigenvalue weighted by atomic mass is 79.9. The van der Waals surface area contributed by atoms with Crippen molar-refractivity contribution in [2.45, 2.75) is 19.6 Å². The van der Waals surface area contributed by atoms with Crippen LogP contribution >= 0.6 is 15.9 Å². The van der Waals surface area contributed by atoms with E-state index in [4.69, 9.17) is 14.2 Å². The first-order valence-corrected chi connectivity index (χ1v) is 8.10. The number of benzene rings is 2. The summed E-state index contributed by atoms with van der Waals surface area (Å²) in [6, 6.07) is 9.52. The number of carbonyl (C=O) groups excluding carboxylic acids is 1. The standard InChI is InChI=1S/C17H15BrFNO4/c1-10(24-14-5-3-12(19)7-13(14)18)17(21)20-8-11-2-4-15-16(6-11)23-9-22-15/h2-7,10H,8-9H2,1H3,(H,20,21)/t10-/m0/s1. The molecule has 5 nitrogen and oxygen atoms in total. The number of amides is 1. The fraction of sp³-hybridized carbons (Fsp3) is 0.235. The van der Waals surface area contributed by atoms with E-state index in [9.17, 15) is 9.18 Å². The molecule has 1 heterocycles. The van der Waals surface area contributed by atoms with Crippen molar-refractivity contribution in [1.82, 2.24) is 5.32 Å². The van der Waals surface area contributed by atoms with Gasteiger partial charge < -0.3 is 19.5 Å². The molecule has 1 atom stereocenters. The van der Waals surface area contributed by atoms with Crippen LogP contribution in [-0.2, 0) is 11.3 Å². The number of carbonyl (C=O) groups is 1. The van der Waals surface area contributed by atoms with E-state index >= 15 is 0 Å². The van der Waals surface area contributed by atoms with Gasteiger partial charge in [0, 0.05) is 6.54 Å². The van der Waals surface area contributed by atoms with Gasteiger partial charge in [0.25, 0.3) is 5.91 Å². The second kappa shape index (κ2) is 7.09. The highest BCUT2D eigenvalue weighted by Gasteiger charge is 2.17. The summed E-state index contributed by atoms with van der Waals surface area (Å²) < 4.78 is 29.6. The number of halogens is 2. The first-order valence-electron chi connectivity index (χ1n) is 7.31. The number of rotatable bonds is 5. The molecule has 3 rings (SSSR count). The predicted octanol–water partition coefficient (Wildman–Crippen LogP) is 3.40. The average molecular weight is 396 g/mol. The molecular weight excluding hydrogens is 381 g/mol. The van der Waals surface area contributed by atoms with Crippen LogP contribution in [0.25, 0.3) is 0 Å². The Bertz CT molecular complexity index is 768. The largest absolute Gasteiger partial charge is 0.480 e. The first kappa shape index (κ1) is 16.6. The highest BCUT2D eigenvalue weighted by molar-refractivity contribution is 9.10. The Morgan fingerprint density at radius 1 is 1.29 bits per heavy atom. The molecule has 0 radical (unpaired) electrons. The molecule has 1 N–H and O–H groups in total. The van der Waals surface area contributed by atoms with Crippen LogP contribution in [0, 0.1) is 5.82 Å². The molecule has 7 heteroatoms. The first-order chi connectivity index (χ1) is 11.5. The lowest BCUT2D eigenvalue weighted by atomic mass is 10.2. The van der Waals surface area contributed by atoms with Crippen LogP contribution in [0.2, 0.25) is 0 Å². The molecule has 0 aliphatic carbocycles. The Morgan fingerprint density at radius 3 is 2.88 bits per heavy atom. The molecular formula is C17H15BrFNO4. The van der Waals surface area contributed by atoms with Crippen molar-refractivity contribution >= 4 is 21.8 Å². The minimum atomic E-state index is -0.722. The van der Waals surface area contributed by atoms with Crippen LogP contribution in [0.1, 0.15) is 12.5 Å². The molecule has 24 heavy (non-hydrogen) atoms. The van der Waals surface area contributed by atoms with Crippen LogP contribution in [0.5, 0.6) is 17.2 Å². The van der Waals surface area contributed by atoms with Gasteiger partial charge in [0.2, 0.25) is 6.79 Å². The van der Waals surface area contributed by atoms with Gasteiger partial charge in [0.1, 0.15) is 11.6 Å². The lowest BCUT2D eigenvalue weighted by Crippen LogP contribution is -2.35. The van der Waals surface area contributed by atoms with E-state index in [1.807, 2.05) is 12.1 Å². The molecule has 0 bridgehead atoms. The minimum absolute atomic E-state index is 0.211. The second-order valence-electron chi connectivity index (χ2n) is 5.24. The summed E-state index contributed by atoms with van der Waals surface area (Å²) in [7, 11) is 0. The lowest BCUT2D eigenvalue weighted by Gasteiger charge is -2.16. The Labute approximate surface area is 146 Å². The summed E-state index contributed by atoms with van der Waals surface area (Å²) in [4.78, 5) is 12.2. The summed E-state index contributed by atoms with van der Waals surface area (Å²) in [5.74, 6) is 1.12. The molecule has 0 fully saturated rings. The van der Waals surface area contributed by atoms with Gasteiger partial charge in [-0.1, -0.05) is 6.07 Å². The number of fused-ring (bicyclic) bond motifs is 1. The van der Waals surface area contributed by atoms with Crippen molar-refractivity contribution in [2.75, 3.05) is 6.79 Å². The van der Waals surface area contributed by atoms with Gasteiger partial charge in [-0.15, -0.1) is 0 Å². The third-order valence-electron chi connectivity index (χ3n) is 3.47. The number of ether oxygens (including phenoxy) is 3. The smallest absolute Gasteiger partial charge is 0.261 e. The van der Waals surface area contributed by atoms with Gasteiger partial charge >= 0.3 is 0 Å². The van der Waals surface area contributed by atoms with Crippen LogP contribution in [-0.4, -0.2) is 18.8 Å². The fourth-order valence-electron chi connectivity index (χ4n) is 2.20. The number of hydrogen-bond acceptors (Lipinski definition) is 4. The zero-order chi connectivity index (χ0) is 17.1. The van der Waals surface area contributed by atoms with E-state index in [0.717, 1.165) is 5.56 Å². The summed E-state index contributed by atoms with van der Waals surface area (Å²) in [6.07, 6.45) is -0.722. The molecule has 0 aromatic heterocycles. The molecule has 1 aliphatic heterocycles. The summed E-state index contributed by atoms with van der Waals surface area (Å²) in [6.45, 7) is 2.18. The monoisotopic (exact) mass is 395 g/mol. The van der Waals surface area contributed by atoms with Crippen molar-refractivity contribution < 1.29 is 23.4 Å². The van der Waals surface area contributed by atoms with Crippen molar-refractivity contribution in [3.63, 3.8) is 0 Å². The topological polar surface area (TPSA) is 56.8 Å². The maximum atomic E-state index is 13.1. The molecule has 0 spiro atoms. The van der Waals surface area contributed by atoms with E-state index in [1.165, 1.54) is 18.2 Å². The molecule has 1 amide bonds. The zero-order valence-electron chi connectivity index (χ0n) is 12.8. The molecule has 2 aromatic carbocycles. The number of nitrogens with one attached hydrogen (secondary N) is 1. The number of hydrogen-bond donors (Lipinski definition) is 1. The molecule has 0 saturated carbocycles. The Morgan fingerprint density at radius 2 is 2.08 bits per heavy atom. The third kappa shape index (κ3) is 3.79. The van der Waals surface area contributed by atoms with E-state index in [0.29, 0.717) is 28.3 Å². The molecule has 0 saturated heterocycles. The highest BCUT2D eigenvalue weighted by Crippen LogP contribution is 2.32. The van der Waals surface area contributed by atoms with E-state index in [1.54, 1.807) is 13.0 Å². The van der Waals surface area contributed by atoms with Crippen molar-refractivity contribution in [3.05, 3.63) is 52.3 Å². The van der Waals surface area contributed by atoms with Crippen LogP contribution in [0.4, 0.5) is 4.39 Å². The van der Waals surface area contributed by atoms with Gasteiger partial charge in [-0.2, -0.15) is 0 Å². The normalized spacial score (nSPS) is 13.5. The average Bonchev–Trinajstić information content (AvgIpc) is 3.02. The summed E-state index contributed by atoms with van der Waals surface area (Å²) >= 11 is 3.21. The fourth-order valence-corrected chi connectivity index (χ4v) is 2.64. The molecule has 1 aliphatic rings. The van der Waals surface area contributed by atoms with E-state index < -0.39 is 6.10 Å². The lowest BCUT2D eigenvalue weighted by molar-refractivity contribution is -0.127. The van der Waals surface area contributed by atoms with Crippen molar-refractivity contribution in [2.24, 2.45) is 0 Å². The van der Waals surface area contributed by atoms with Gasteiger partial charge in [0.05, 0.1) is 4.47 Å². The zero-order valence-corrected chi connectivity index (χ0v) is 14.4. The van der Waals surface area contributed by atoms with Crippen LogP contribution < -0.4 is 19.5 Å². The Hall–Kier alpha value is -2.28. The molecule has 126 valence electrons. The van der Waals surface area contributed by atoms with Crippen LogP contribution in [0.3, 0.4) is 0 Å². The molecule has 2 aromatic rings. The quantitative estimate of drug-likeness (QED) is 0.842. The third-order valence-corrected chi connectivity index (χ3v) is 4.09. The Balaban J connectivity index is 1.56. The van der Waals surface area contributed by atoms with Gasteiger partial charge in [-0.3, -0.25) is 4.79 Å². The molecule has 0 unspecified atom stereocenters. The van der Waals surface area contributed by atoms with Gasteiger partial charge in [-0.05, 0) is 58.7 Å². The maximum Gasteiger partial charge on any atom is 0.261 e. The Kier molecular flexibility index (Phi) is 4.89. The maximum absolute atomic E-state index is 13.1. The van der Waals surface area contributed by atoms with E-state index in [-0.39, 0.29) is 18.5 Å². The summed E-state index contributed by atoms with van der Waals surface area (Å²) in [5, 5.41) is 2.79. The minimum Gasteiger partial charge on any atom is -0.480 e. The SMILES string of the molecule is C[C@H](Oc1ccc(F)cc1Br)C(=O)NCc1ccc2c(c1)OCO2. The van der Waals surface area contributed by atoms with Crippen molar-refractivity contribution in [3.8, 4) is 17.2 Å². The predicted molar refractivity (Wildman–Crippen MR) is 88.6 cm³/mol. The van der Waals surface area contributed by atoms with E-state index in [2.05, 4.69) is 21.2 Å². The van der Waals surface area contributed by atoms with Crippen LogP contribution in [0.15, 0.2) is 40.9 Å².